The Balaban J connectivity index is 0.00000176. The Morgan fingerprint density at radius 2 is 1.45 bits per heavy atom. The molecule has 0 bridgehead atoms. The lowest BCUT2D eigenvalue weighted by atomic mass is 10.1. The predicted molar refractivity (Wildman–Crippen MR) is 86.0 cm³/mol. The van der Waals surface area contributed by atoms with Crippen molar-refractivity contribution >= 4 is 5.69 Å². The Bertz CT molecular complexity index is 736. The molecular formula is C18H20IN3. The Morgan fingerprint density at radius 1 is 0.909 bits per heavy atom. The van der Waals surface area contributed by atoms with Gasteiger partial charge in [-0.05, 0) is 12.1 Å². The van der Waals surface area contributed by atoms with Crippen molar-refractivity contribution < 1.29 is 28.5 Å². The van der Waals surface area contributed by atoms with Crippen molar-refractivity contribution in [1.29, 1.82) is 0 Å². The summed E-state index contributed by atoms with van der Waals surface area (Å²) < 4.78 is 4.35. The van der Waals surface area contributed by atoms with Crippen LogP contribution in [0.1, 0.15) is 5.69 Å². The molecule has 3 nitrogen and oxygen atoms in total. The van der Waals surface area contributed by atoms with Gasteiger partial charge >= 0.3 is 0 Å². The average molecular weight is 405 g/mol. The lowest BCUT2D eigenvalue weighted by Gasteiger charge is -2.16. The molecule has 0 radical (unpaired) electrons. The van der Waals surface area contributed by atoms with Gasteiger partial charge in [-0.3, -0.25) is 0 Å². The summed E-state index contributed by atoms with van der Waals surface area (Å²) in [4.78, 5) is 0. The molecule has 2 aromatic carbocycles. The van der Waals surface area contributed by atoms with Crippen LogP contribution < -0.4 is 33.6 Å². The number of hydrogen-bond donors (Lipinski definition) is 0. The minimum absolute atomic E-state index is 0. The molecule has 0 unspecified atom stereocenters. The summed E-state index contributed by atoms with van der Waals surface area (Å²) in [5.41, 5.74) is 4.83. The molecule has 0 atom stereocenters. The molecule has 0 spiro atoms. The highest BCUT2D eigenvalue weighted by molar-refractivity contribution is 5.62. The van der Waals surface area contributed by atoms with Crippen LogP contribution in [0, 0.1) is 6.92 Å². The van der Waals surface area contributed by atoms with Gasteiger partial charge in [0.1, 0.15) is 5.69 Å². The highest BCUT2D eigenvalue weighted by Gasteiger charge is 2.23. The van der Waals surface area contributed by atoms with Crippen LogP contribution in [0.25, 0.3) is 11.3 Å². The maximum absolute atomic E-state index is 2.19. The van der Waals surface area contributed by atoms with Crippen LogP contribution in [0.2, 0.25) is 0 Å². The van der Waals surface area contributed by atoms with Gasteiger partial charge in [-0.25, -0.2) is 9.58 Å². The van der Waals surface area contributed by atoms with Crippen LogP contribution in [0.5, 0.6) is 0 Å². The van der Waals surface area contributed by atoms with Crippen molar-refractivity contribution in [3.8, 4) is 11.3 Å². The lowest BCUT2D eigenvalue weighted by Crippen LogP contribution is -3.00. The van der Waals surface area contributed by atoms with Crippen LogP contribution in [0.15, 0.2) is 67.0 Å². The summed E-state index contributed by atoms with van der Waals surface area (Å²) in [7, 11) is 4.16. The van der Waals surface area contributed by atoms with Crippen LogP contribution >= 0.6 is 0 Å². The number of para-hydroxylation sites is 1. The Morgan fingerprint density at radius 3 is 2.05 bits per heavy atom. The Hall–Kier alpha value is -1.82. The number of aromatic nitrogens is 2. The van der Waals surface area contributed by atoms with E-state index >= 15 is 0 Å². The van der Waals surface area contributed by atoms with Gasteiger partial charge in [-0.1, -0.05) is 48.5 Å². The SMILES string of the molecule is Cc1c(-c2ccccc2)n(N(C)c2ccccc2)c[n+]1C.[I-]. The number of halogens is 1. The van der Waals surface area contributed by atoms with Gasteiger partial charge < -0.3 is 24.0 Å². The van der Waals surface area contributed by atoms with Crippen molar-refractivity contribution in [2.24, 2.45) is 7.05 Å². The van der Waals surface area contributed by atoms with Gasteiger partial charge in [0.05, 0.1) is 12.7 Å². The number of hydrogen-bond acceptors (Lipinski definition) is 1. The molecule has 4 heteroatoms. The molecule has 0 N–H and O–H groups in total. The van der Waals surface area contributed by atoms with E-state index < -0.39 is 0 Å². The molecule has 0 amide bonds. The van der Waals surface area contributed by atoms with Gasteiger partial charge in [0.25, 0.3) is 6.33 Å². The molecule has 3 rings (SSSR count). The van der Waals surface area contributed by atoms with E-state index in [0.29, 0.717) is 0 Å². The molecule has 0 aliphatic heterocycles. The van der Waals surface area contributed by atoms with Crippen molar-refractivity contribution in [3.05, 3.63) is 72.7 Å². The maximum Gasteiger partial charge on any atom is 0.268 e. The Labute approximate surface area is 148 Å². The number of benzene rings is 2. The van der Waals surface area contributed by atoms with E-state index in [1.54, 1.807) is 0 Å². The molecule has 22 heavy (non-hydrogen) atoms. The molecule has 114 valence electrons. The third-order valence-corrected chi connectivity index (χ3v) is 3.88. The maximum atomic E-state index is 2.19. The fourth-order valence-corrected chi connectivity index (χ4v) is 2.57. The first-order valence-electron chi connectivity index (χ1n) is 7.10. The standard InChI is InChI=1S/C18H20N3.HI/c1-15-18(16-10-6-4-7-11-16)21(14-19(15)2)20(3)17-12-8-5-9-13-17;/h4-14H,1-3H3;1H/q+1;/p-1. The zero-order valence-corrected chi connectivity index (χ0v) is 15.2. The molecule has 0 saturated carbocycles. The van der Waals surface area contributed by atoms with Gasteiger partial charge in [-0.2, -0.15) is 0 Å². The number of rotatable bonds is 3. The van der Waals surface area contributed by atoms with Gasteiger partial charge in [0.2, 0.25) is 5.69 Å². The third kappa shape index (κ3) is 3.02. The predicted octanol–water partition coefficient (Wildman–Crippen LogP) is 0.192. The fourth-order valence-electron chi connectivity index (χ4n) is 2.57. The first-order chi connectivity index (χ1) is 10.2. The largest absolute Gasteiger partial charge is 1.00 e. The second-order valence-corrected chi connectivity index (χ2v) is 5.23. The monoisotopic (exact) mass is 405 g/mol. The topological polar surface area (TPSA) is 12.1 Å². The van der Waals surface area contributed by atoms with E-state index in [1.807, 2.05) is 12.1 Å². The zero-order chi connectivity index (χ0) is 14.8. The second kappa shape index (κ2) is 6.96. The van der Waals surface area contributed by atoms with Crippen molar-refractivity contribution in [2.75, 3.05) is 12.1 Å². The summed E-state index contributed by atoms with van der Waals surface area (Å²) in [6, 6.07) is 20.9. The first-order valence-corrected chi connectivity index (χ1v) is 7.10. The molecular weight excluding hydrogens is 385 g/mol. The van der Waals surface area contributed by atoms with Gasteiger partial charge in [-0.15, -0.1) is 4.68 Å². The second-order valence-electron chi connectivity index (χ2n) is 5.23. The van der Waals surface area contributed by atoms with Gasteiger partial charge in [0, 0.05) is 19.5 Å². The van der Waals surface area contributed by atoms with E-state index in [0.717, 1.165) is 5.69 Å². The molecule has 3 aromatic rings. The van der Waals surface area contributed by atoms with Crippen LogP contribution in [0.4, 0.5) is 5.69 Å². The molecule has 0 aliphatic rings. The minimum atomic E-state index is 0. The molecule has 1 heterocycles. The van der Waals surface area contributed by atoms with Crippen molar-refractivity contribution in [1.82, 2.24) is 4.68 Å². The lowest BCUT2D eigenvalue weighted by molar-refractivity contribution is -0.676. The highest BCUT2D eigenvalue weighted by Crippen LogP contribution is 2.24. The van der Waals surface area contributed by atoms with Gasteiger partial charge in [0.15, 0.2) is 0 Å². The van der Waals surface area contributed by atoms with E-state index in [2.05, 4.69) is 90.1 Å². The summed E-state index contributed by atoms with van der Waals surface area (Å²) >= 11 is 0. The molecule has 0 fully saturated rings. The number of anilines is 1. The van der Waals surface area contributed by atoms with E-state index in [1.165, 1.54) is 17.0 Å². The summed E-state index contributed by atoms with van der Waals surface area (Å²) in [6.07, 6.45) is 2.12. The van der Waals surface area contributed by atoms with Crippen LogP contribution in [-0.4, -0.2) is 11.7 Å². The minimum Gasteiger partial charge on any atom is -1.00 e. The van der Waals surface area contributed by atoms with E-state index in [-0.39, 0.29) is 24.0 Å². The smallest absolute Gasteiger partial charge is 0.268 e. The number of aryl methyl sites for hydroxylation is 1. The summed E-state index contributed by atoms with van der Waals surface area (Å²) in [6.45, 7) is 2.15. The first kappa shape index (κ1) is 16.5. The quantitative estimate of drug-likeness (QED) is 0.448. The van der Waals surface area contributed by atoms with Crippen LogP contribution in [0.3, 0.4) is 0 Å². The van der Waals surface area contributed by atoms with E-state index in [4.69, 9.17) is 0 Å². The molecule has 0 aliphatic carbocycles. The fraction of sp³-hybridized carbons (Fsp3) is 0.167. The molecule has 0 saturated heterocycles. The summed E-state index contributed by atoms with van der Waals surface area (Å²) in [5, 5.41) is 2.16. The van der Waals surface area contributed by atoms with Crippen molar-refractivity contribution in [2.45, 2.75) is 6.92 Å². The van der Waals surface area contributed by atoms with E-state index in [9.17, 15) is 0 Å². The summed E-state index contributed by atoms with van der Waals surface area (Å²) in [5.74, 6) is 0. The molecule has 1 aromatic heterocycles. The van der Waals surface area contributed by atoms with Crippen molar-refractivity contribution in [3.63, 3.8) is 0 Å². The average Bonchev–Trinajstić information content (AvgIpc) is 2.84. The number of nitrogens with zero attached hydrogens (tertiary/aromatic N) is 3. The highest BCUT2D eigenvalue weighted by atomic mass is 127. The Kier molecular flexibility index (Phi) is 5.24. The number of imidazole rings is 1. The third-order valence-electron chi connectivity index (χ3n) is 3.88. The normalized spacial score (nSPS) is 10.1. The van der Waals surface area contributed by atoms with Crippen LogP contribution in [-0.2, 0) is 7.05 Å². The zero-order valence-electron chi connectivity index (χ0n) is 13.1.